The second-order valence-electron chi connectivity index (χ2n) is 7.63. The van der Waals surface area contributed by atoms with Crippen LogP contribution in [0.3, 0.4) is 0 Å². The maximum Gasteiger partial charge on any atom is 0.229 e. The predicted molar refractivity (Wildman–Crippen MR) is 113 cm³/mol. The van der Waals surface area contributed by atoms with E-state index in [0.717, 1.165) is 49.2 Å². The molecule has 0 saturated carbocycles. The molecule has 1 aliphatic rings. The lowest BCUT2D eigenvalue weighted by Crippen LogP contribution is -2.36. The first-order chi connectivity index (χ1) is 14.6. The molecular formula is C24H26FN3O2. The summed E-state index contributed by atoms with van der Waals surface area (Å²) >= 11 is 0. The van der Waals surface area contributed by atoms with Gasteiger partial charge in [0.05, 0.1) is 31.0 Å². The zero-order chi connectivity index (χ0) is 20.9. The molecule has 0 radical (unpaired) electrons. The molecule has 1 saturated heterocycles. The Morgan fingerprint density at radius 1 is 1.07 bits per heavy atom. The van der Waals surface area contributed by atoms with Crippen LogP contribution in [0.25, 0.3) is 5.69 Å². The highest BCUT2D eigenvalue weighted by Gasteiger charge is 2.27. The molecular weight excluding hydrogens is 381 g/mol. The van der Waals surface area contributed by atoms with Gasteiger partial charge >= 0.3 is 0 Å². The summed E-state index contributed by atoms with van der Waals surface area (Å²) in [7, 11) is 1.65. The number of carbonyl (C=O) groups is 1. The number of aromatic nitrogens is 2. The number of halogens is 1. The van der Waals surface area contributed by atoms with Gasteiger partial charge in [-0.2, -0.15) is 5.10 Å². The van der Waals surface area contributed by atoms with Crippen molar-refractivity contribution in [1.82, 2.24) is 14.7 Å². The number of methoxy groups -OCH3 is 1. The quantitative estimate of drug-likeness (QED) is 0.616. The minimum atomic E-state index is -0.285. The molecule has 0 N–H and O–H groups in total. The smallest absolute Gasteiger partial charge is 0.229 e. The van der Waals surface area contributed by atoms with Gasteiger partial charge in [0, 0.05) is 12.7 Å². The van der Waals surface area contributed by atoms with E-state index in [2.05, 4.69) is 17.2 Å². The third-order valence-electron chi connectivity index (χ3n) is 5.64. The van der Waals surface area contributed by atoms with Gasteiger partial charge in [0.2, 0.25) is 5.91 Å². The van der Waals surface area contributed by atoms with E-state index in [9.17, 15) is 9.18 Å². The molecule has 3 aromatic rings. The van der Waals surface area contributed by atoms with E-state index in [1.165, 1.54) is 12.1 Å². The van der Waals surface area contributed by atoms with Crippen molar-refractivity contribution in [2.24, 2.45) is 0 Å². The van der Waals surface area contributed by atoms with E-state index in [1.807, 2.05) is 23.1 Å². The summed E-state index contributed by atoms with van der Waals surface area (Å²) in [5, 5.41) is 4.52. The minimum Gasteiger partial charge on any atom is -0.497 e. The Labute approximate surface area is 176 Å². The van der Waals surface area contributed by atoms with E-state index in [0.29, 0.717) is 5.69 Å². The highest BCUT2D eigenvalue weighted by Crippen LogP contribution is 2.31. The Hall–Kier alpha value is -3.15. The van der Waals surface area contributed by atoms with Crippen molar-refractivity contribution < 1.29 is 13.9 Å². The highest BCUT2D eigenvalue weighted by atomic mass is 19.1. The molecule has 1 atom stereocenters. The zero-order valence-electron chi connectivity index (χ0n) is 17.1. The molecule has 1 fully saturated rings. The molecule has 2 heterocycles. The highest BCUT2D eigenvalue weighted by molar-refractivity contribution is 5.79. The van der Waals surface area contributed by atoms with Gasteiger partial charge in [-0.1, -0.05) is 25.0 Å². The summed E-state index contributed by atoms with van der Waals surface area (Å²) < 4.78 is 20.1. The van der Waals surface area contributed by atoms with Crippen LogP contribution in [0.15, 0.2) is 60.8 Å². The summed E-state index contributed by atoms with van der Waals surface area (Å²) in [5.41, 5.74) is 2.62. The van der Waals surface area contributed by atoms with Gasteiger partial charge in [-0.3, -0.25) is 4.79 Å². The van der Waals surface area contributed by atoms with E-state index in [-0.39, 0.29) is 24.2 Å². The fraction of sp³-hybridized carbons (Fsp3) is 0.333. The Morgan fingerprint density at radius 3 is 2.57 bits per heavy atom. The van der Waals surface area contributed by atoms with E-state index >= 15 is 0 Å². The topological polar surface area (TPSA) is 47.4 Å². The first-order valence-electron chi connectivity index (χ1n) is 10.4. The molecule has 0 bridgehead atoms. The van der Waals surface area contributed by atoms with E-state index in [1.54, 1.807) is 30.1 Å². The minimum absolute atomic E-state index is 0.0742. The molecule has 0 unspecified atom stereocenters. The second kappa shape index (κ2) is 9.11. The van der Waals surface area contributed by atoms with Crippen molar-refractivity contribution in [1.29, 1.82) is 0 Å². The first-order valence-corrected chi connectivity index (χ1v) is 10.4. The number of amides is 1. The second-order valence-corrected chi connectivity index (χ2v) is 7.63. The number of carbonyl (C=O) groups excluding carboxylic acids is 1. The van der Waals surface area contributed by atoms with Crippen LogP contribution < -0.4 is 4.74 Å². The summed E-state index contributed by atoms with van der Waals surface area (Å²) in [6, 6.07) is 16.1. The third-order valence-corrected chi connectivity index (χ3v) is 5.64. The number of nitrogens with zero attached hydrogens (tertiary/aromatic N) is 3. The van der Waals surface area contributed by atoms with Gasteiger partial charge in [-0.15, -0.1) is 0 Å². The SMILES string of the molecule is COc1ccc([C@H]2CCCCCN2C(=O)Cc2ccn(-c3ccc(F)cc3)n2)cc1. The van der Waals surface area contributed by atoms with Crippen LogP contribution in [-0.4, -0.2) is 34.2 Å². The molecule has 30 heavy (non-hydrogen) atoms. The Balaban J connectivity index is 1.50. The van der Waals surface area contributed by atoms with Crippen molar-refractivity contribution in [2.45, 2.75) is 38.1 Å². The summed E-state index contributed by atoms with van der Waals surface area (Å²) in [4.78, 5) is 15.2. The van der Waals surface area contributed by atoms with Gasteiger partial charge in [0.15, 0.2) is 0 Å². The number of hydrogen-bond acceptors (Lipinski definition) is 3. The summed E-state index contributed by atoms with van der Waals surface area (Å²) in [6.07, 6.45) is 6.28. The monoisotopic (exact) mass is 407 g/mol. The molecule has 1 aliphatic heterocycles. The zero-order valence-corrected chi connectivity index (χ0v) is 17.1. The number of benzene rings is 2. The number of likely N-dealkylation sites (tertiary alicyclic amines) is 1. The molecule has 1 aromatic heterocycles. The Kier molecular flexibility index (Phi) is 6.12. The van der Waals surface area contributed by atoms with Crippen LogP contribution in [0.2, 0.25) is 0 Å². The molecule has 6 heteroatoms. The van der Waals surface area contributed by atoms with Gasteiger partial charge in [0.25, 0.3) is 0 Å². The average molecular weight is 407 g/mol. The van der Waals surface area contributed by atoms with Gasteiger partial charge in [-0.25, -0.2) is 9.07 Å². The van der Waals surface area contributed by atoms with Crippen molar-refractivity contribution in [3.05, 3.63) is 77.9 Å². The van der Waals surface area contributed by atoms with Crippen molar-refractivity contribution in [3.63, 3.8) is 0 Å². The maximum absolute atomic E-state index is 13.2. The fourth-order valence-corrected chi connectivity index (χ4v) is 4.03. The standard InChI is InChI=1S/C24H26FN3O2/c1-30-22-12-6-18(7-13-22)23-5-3-2-4-15-27(23)24(29)17-20-14-16-28(26-20)21-10-8-19(25)9-11-21/h6-14,16,23H,2-5,15,17H2,1H3/t23-/m1/s1. The lowest BCUT2D eigenvalue weighted by Gasteiger charge is -2.30. The molecule has 1 amide bonds. The molecule has 5 nitrogen and oxygen atoms in total. The number of rotatable bonds is 5. The van der Waals surface area contributed by atoms with Gasteiger partial charge in [0.1, 0.15) is 11.6 Å². The molecule has 4 rings (SSSR count). The summed E-state index contributed by atoms with van der Waals surface area (Å²) in [5.74, 6) is 0.616. The predicted octanol–water partition coefficient (Wildman–Crippen LogP) is 4.71. The number of ether oxygens (including phenoxy) is 1. The van der Waals surface area contributed by atoms with Crippen LogP contribution >= 0.6 is 0 Å². The van der Waals surface area contributed by atoms with Crippen LogP contribution in [0.4, 0.5) is 4.39 Å². The van der Waals surface area contributed by atoms with E-state index < -0.39 is 0 Å². The maximum atomic E-state index is 13.2. The van der Waals surface area contributed by atoms with Crippen LogP contribution in [0, 0.1) is 5.82 Å². The first kappa shape index (κ1) is 20.1. The Morgan fingerprint density at radius 2 is 1.83 bits per heavy atom. The normalized spacial score (nSPS) is 16.9. The van der Waals surface area contributed by atoms with Gasteiger partial charge in [-0.05, 0) is 60.9 Å². The molecule has 0 spiro atoms. The van der Waals surface area contributed by atoms with Gasteiger partial charge < -0.3 is 9.64 Å². The molecule has 0 aliphatic carbocycles. The van der Waals surface area contributed by atoms with Crippen LogP contribution in [0.1, 0.15) is 43.0 Å². The lowest BCUT2D eigenvalue weighted by molar-refractivity contribution is -0.133. The van der Waals surface area contributed by atoms with Crippen molar-refractivity contribution in [2.75, 3.05) is 13.7 Å². The fourth-order valence-electron chi connectivity index (χ4n) is 4.03. The van der Waals surface area contributed by atoms with Crippen LogP contribution in [-0.2, 0) is 11.2 Å². The third kappa shape index (κ3) is 4.53. The Bertz CT molecular complexity index is 982. The van der Waals surface area contributed by atoms with Crippen molar-refractivity contribution in [3.8, 4) is 11.4 Å². The number of hydrogen-bond donors (Lipinski definition) is 0. The average Bonchev–Trinajstić information content (AvgIpc) is 3.09. The largest absolute Gasteiger partial charge is 0.497 e. The molecule has 156 valence electrons. The van der Waals surface area contributed by atoms with Crippen molar-refractivity contribution >= 4 is 5.91 Å². The molecule has 2 aromatic carbocycles. The lowest BCUT2D eigenvalue weighted by atomic mass is 10.00. The van der Waals surface area contributed by atoms with E-state index in [4.69, 9.17) is 4.74 Å². The van der Waals surface area contributed by atoms with Crippen LogP contribution in [0.5, 0.6) is 5.75 Å². The summed E-state index contributed by atoms with van der Waals surface area (Å²) in [6.45, 7) is 0.758.